The van der Waals surface area contributed by atoms with E-state index in [0.717, 1.165) is 6.07 Å². The Bertz CT molecular complexity index is 847. The molecule has 0 amide bonds. The summed E-state index contributed by atoms with van der Waals surface area (Å²) in [6.45, 7) is 0. The highest BCUT2D eigenvalue weighted by molar-refractivity contribution is 5.54. The van der Waals surface area contributed by atoms with Gasteiger partial charge < -0.3 is 10.6 Å². The van der Waals surface area contributed by atoms with Gasteiger partial charge in [0.1, 0.15) is 11.4 Å². The van der Waals surface area contributed by atoms with Crippen molar-refractivity contribution in [3.05, 3.63) is 23.9 Å². The summed E-state index contributed by atoms with van der Waals surface area (Å²) in [7, 11) is 0. The van der Waals surface area contributed by atoms with Crippen molar-refractivity contribution in [2.24, 2.45) is 0 Å². The normalized spacial score (nSPS) is 20.8. The Balaban J connectivity index is 1.60. The average molecular weight is 418 g/mol. The summed E-state index contributed by atoms with van der Waals surface area (Å²) in [6, 6.07) is 2.76. The van der Waals surface area contributed by atoms with Gasteiger partial charge in [0.15, 0.2) is 5.82 Å². The molecule has 0 unspecified atom stereocenters. The SMILES string of the molecule is FC(F)c1cccc(-c2nc(NC3CC(F)(F)C3)nc(NC3CC(F)(F)C3)n2)n1. The van der Waals surface area contributed by atoms with Crippen LogP contribution in [0.1, 0.15) is 37.8 Å². The van der Waals surface area contributed by atoms with Crippen molar-refractivity contribution in [2.45, 2.75) is 56.0 Å². The molecule has 2 saturated carbocycles. The molecule has 2 N–H and O–H groups in total. The Hall–Kier alpha value is -2.66. The molecule has 2 aliphatic carbocycles. The lowest BCUT2D eigenvalue weighted by Gasteiger charge is -2.36. The van der Waals surface area contributed by atoms with E-state index in [0.29, 0.717) is 0 Å². The van der Waals surface area contributed by atoms with Crippen LogP contribution in [0.3, 0.4) is 0 Å². The maximum Gasteiger partial charge on any atom is 0.280 e. The number of rotatable bonds is 6. The summed E-state index contributed by atoms with van der Waals surface area (Å²) in [5.74, 6) is -5.73. The molecule has 2 heterocycles. The molecule has 12 heteroatoms. The Labute approximate surface area is 161 Å². The van der Waals surface area contributed by atoms with Crippen molar-refractivity contribution in [1.82, 2.24) is 19.9 Å². The number of nitrogens with zero attached hydrogens (tertiary/aromatic N) is 4. The van der Waals surface area contributed by atoms with E-state index in [1.165, 1.54) is 12.1 Å². The maximum atomic E-state index is 13.1. The van der Waals surface area contributed by atoms with Crippen LogP contribution in [-0.4, -0.2) is 43.9 Å². The van der Waals surface area contributed by atoms with Gasteiger partial charge in [0, 0.05) is 37.8 Å². The molecule has 0 spiro atoms. The minimum absolute atomic E-state index is 0.0224. The monoisotopic (exact) mass is 418 g/mol. The summed E-state index contributed by atoms with van der Waals surface area (Å²) in [6.07, 6.45) is -4.40. The second-order valence-corrected chi connectivity index (χ2v) is 7.27. The first-order valence-electron chi connectivity index (χ1n) is 8.89. The molecule has 0 radical (unpaired) electrons. The Morgan fingerprint density at radius 2 is 1.31 bits per heavy atom. The highest BCUT2D eigenvalue weighted by Gasteiger charge is 2.46. The number of alkyl halides is 6. The molecule has 2 aromatic heterocycles. The zero-order valence-corrected chi connectivity index (χ0v) is 14.8. The first-order valence-corrected chi connectivity index (χ1v) is 8.89. The third-order valence-corrected chi connectivity index (χ3v) is 4.71. The quantitative estimate of drug-likeness (QED) is 0.682. The Kier molecular flexibility index (Phi) is 4.74. The number of halogens is 6. The second-order valence-electron chi connectivity index (χ2n) is 7.27. The van der Waals surface area contributed by atoms with Crippen LogP contribution in [0, 0.1) is 0 Å². The van der Waals surface area contributed by atoms with Crippen LogP contribution in [0.2, 0.25) is 0 Å². The van der Waals surface area contributed by atoms with Crippen LogP contribution in [0.25, 0.3) is 11.5 Å². The topological polar surface area (TPSA) is 75.6 Å². The fourth-order valence-electron chi connectivity index (χ4n) is 3.21. The molecule has 2 aliphatic rings. The molecule has 29 heavy (non-hydrogen) atoms. The lowest BCUT2D eigenvalue weighted by atomic mass is 9.88. The largest absolute Gasteiger partial charge is 0.351 e. The van der Waals surface area contributed by atoms with Gasteiger partial charge in [0.2, 0.25) is 11.9 Å². The van der Waals surface area contributed by atoms with Crippen LogP contribution in [0.5, 0.6) is 0 Å². The predicted molar refractivity (Wildman–Crippen MR) is 91.2 cm³/mol. The van der Waals surface area contributed by atoms with Gasteiger partial charge in [-0.3, -0.25) is 0 Å². The summed E-state index contributed by atoms with van der Waals surface area (Å²) in [5, 5.41) is 5.48. The molecule has 0 aliphatic heterocycles. The van der Waals surface area contributed by atoms with E-state index in [1.54, 1.807) is 0 Å². The van der Waals surface area contributed by atoms with Gasteiger partial charge in [-0.05, 0) is 12.1 Å². The van der Waals surface area contributed by atoms with Crippen molar-refractivity contribution < 1.29 is 26.3 Å². The molecular weight excluding hydrogens is 402 g/mol. The highest BCUT2D eigenvalue weighted by Crippen LogP contribution is 2.40. The van der Waals surface area contributed by atoms with E-state index in [9.17, 15) is 26.3 Å². The van der Waals surface area contributed by atoms with E-state index in [1.807, 2.05) is 0 Å². The minimum atomic E-state index is -2.80. The number of hydrogen-bond donors (Lipinski definition) is 2. The van der Waals surface area contributed by atoms with Gasteiger partial charge in [-0.25, -0.2) is 31.3 Å². The zero-order valence-electron chi connectivity index (χ0n) is 14.8. The van der Waals surface area contributed by atoms with E-state index in [4.69, 9.17) is 0 Å². The lowest BCUT2D eigenvalue weighted by molar-refractivity contribution is -0.0799. The molecule has 6 nitrogen and oxygen atoms in total. The van der Waals surface area contributed by atoms with E-state index < -0.39 is 61.7 Å². The fraction of sp³-hybridized carbons (Fsp3) is 0.529. The first-order chi connectivity index (χ1) is 13.6. The smallest absolute Gasteiger partial charge is 0.280 e. The number of aromatic nitrogens is 4. The molecule has 2 aromatic rings. The van der Waals surface area contributed by atoms with Crippen molar-refractivity contribution in [2.75, 3.05) is 10.6 Å². The average Bonchev–Trinajstić information content (AvgIpc) is 2.58. The van der Waals surface area contributed by atoms with Gasteiger partial charge >= 0.3 is 0 Å². The van der Waals surface area contributed by atoms with Crippen molar-refractivity contribution in [3.63, 3.8) is 0 Å². The third-order valence-electron chi connectivity index (χ3n) is 4.71. The summed E-state index contributed by atoms with van der Waals surface area (Å²) in [5.41, 5.74) is -0.460. The Morgan fingerprint density at radius 1 is 0.793 bits per heavy atom. The summed E-state index contributed by atoms with van der Waals surface area (Å²) >= 11 is 0. The van der Waals surface area contributed by atoms with Gasteiger partial charge in [-0.1, -0.05) is 6.07 Å². The van der Waals surface area contributed by atoms with E-state index >= 15 is 0 Å². The van der Waals surface area contributed by atoms with E-state index in [2.05, 4.69) is 30.6 Å². The van der Waals surface area contributed by atoms with E-state index in [-0.39, 0.29) is 23.4 Å². The molecule has 0 bridgehead atoms. The van der Waals surface area contributed by atoms with Crippen LogP contribution >= 0.6 is 0 Å². The zero-order chi connectivity index (χ0) is 20.8. The first kappa shape index (κ1) is 19.6. The van der Waals surface area contributed by atoms with Gasteiger partial charge in [0.05, 0.1) is 0 Å². The molecule has 0 atom stereocenters. The van der Waals surface area contributed by atoms with Crippen molar-refractivity contribution in [3.8, 4) is 11.5 Å². The standard InChI is InChI=1S/C17H16F6N6/c18-12(19)10-2-1-3-11(26-10)13-27-14(24-8-4-16(20,21)5-8)29-15(28-13)25-9-6-17(22,23)7-9/h1-3,8-9,12H,4-7H2,(H2,24,25,27,28,29). The number of anilines is 2. The summed E-state index contributed by atoms with van der Waals surface area (Å²) in [4.78, 5) is 16.0. The van der Waals surface area contributed by atoms with Crippen LogP contribution < -0.4 is 10.6 Å². The molecule has 0 aromatic carbocycles. The van der Waals surface area contributed by atoms with Gasteiger partial charge in [-0.15, -0.1) is 0 Å². The molecule has 0 saturated heterocycles. The molecular formula is C17H16F6N6. The Morgan fingerprint density at radius 3 is 1.76 bits per heavy atom. The van der Waals surface area contributed by atoms with Crippen LogP contribution in [0.4, 0.5) is 38.2 Å². The molecule has 156 valence electrons. The number of pyridine rings is 1. The van der Waals surface area contributed by atoms with Crippen molar-refractivity contribution in [1.29, 1.82) is 0 Å². The van der Waals surface area contributed by atoms with Gasteiger partial charge in [0.25, 0.3) is 18.3 Å². The lowest BCUT2D eigenvalue weighted by Crippen LogP contribution is -2.45. The molecule has 2 fully saturated rings. The molecule has 4 rings (SSSR count). The second kappa shape index (κ2) is 6.99. The maximum absolute atomic E-state index is 13.1. The number of hydrogen-bond acceptors (Lipinski definition) is 6. The third kappa shape index (κ3) is 4.51. The van der Waals surface area contributed by atoms with Crippen molar-refractivity contribution >= 4 is 11.9 Å². The van der Waals surface area contributed by atoms with Gasteiger partial charge in [-0.2, -0.15) is 15.0 Å². The highest BCUT2D eigenvalue weighted by atomic mass is 19.3. The minimum Gasteiger partial charge on any atom is -0.351 e. The summed E-state index contributed by atoms with van der Waals surface area (Å²) < 4.78 is 78.2. The van der Waals surface area contributed by atoms with Crippen LogP contribution in [-0.2, 0) is 0 Å². The van der Waals surface area contributed by atoms with Crippen LogP contribution in [0.15, 0.2) is 18.2 Å². The fourth-order valence-corrected chi connectivity index (χ4v) is 3.21. The predicted octanol–water partition coefficient (Wildman–Crippen LogP) is 4.29. The number of nitrogens with one attached hydrogen (secondary N) is 2.